The van der Waals surface area contributed by atoms with Crippen molar-refractivity contribution < 1.29 is 0 Å². The standard InChI is InChI=1S/C47H39N/c1-32-15-8-10-19-38(32)36-27-30-44(41(31-36)39-20-11-9-16-33(39)2)48(37-28-25-35(26-29-37)34-17-6-5-7-18-34)45-24-14-23-43-46(45)40-21-12-13-22-42(40)47(43,3)4/h5-31H,1-4H3. The van der Waals surface area contributed by atoms with E-state index in [-0.39, 0.29) is 5.41 Å². The predicted molar refractivity (Wildman–Crippen MR) is 204 cm³/mol. The maximum atomic E-state index is 2.50. The highest BCUT2D eigenvalue weighted by Gasteiger charge is 2.38. The fourth-order valence-corrected chi connectivity index (χ4v) is 7.65. The maximum absolute atomic E-state index is 2.50. The van der Waals surface area contributed by atoms with Crippen LogP contribution in [-0.4, -0.2) is 0 Å². The van der Waals surface area contributed by atoms with Crippen LogP contribution in [0, 0.1) is 13.8 Å². The van der Waals surface area contributed by atoms with E-state index < -0.39 is 0 Å². The SMILES string of the molecule is Cc1ccccc1-c1ccc(N(c2ccc(-c3ccccc3)cc2)c2cccc3c2-c2ccccc2C3(C)C)c(-c2ccccc2C)c1. The quantitative estimate of drug-likeness (QED) is 0.179. The summed E-state index contributed by atoms with van der Waals surface area (Å²) in [7, 11) is 0. The number of hydrogen-bond acceptors (Lipinski definition) is 1. The van der Waals surface area contributed by atoms with Gasteiger partial charge >= 0.3 is 0 Å². The normalized spacial score (nSPS) is 12.8. The van der Waals surface area contributed by atoms with E-state index in [1.807, 2.05) is 0 Å². The lowest BCUT2D eigenvalue weighted by molar-refractivity contribution is 0.660. The van der Waals surface area contributed by atoms with Crippen LogP contribution in [0.5, 0.6) is 0 Å². The van der Waals surface area contributed by atoms with Crippen molar-refractivity contribution in [2.45, 2.75) is 33.1 Å². The summed E-state index contributed by atoms with van der Waals surface area (Å²) in [6.45, 7) is 9.13. The molecule has 7 aromatic rings. The van der Waals surface area contributed by atoms with Crippen LogP contribution in [0.2, 0.25) is 0 Å². The number of rotatable bonds is 6. The summed E-state index contributed by atoms with van der Waals surface area (Å²) in [6, 6.07) is 60.0. The molecular weight excluding hydrogens is 579 g/mol. The van der Waals surface area contributed by atoms with Gasteiger partial charge in [0.25, 0.3) is 0 Å². The zero-order chi connectivity index (χ0) is 32.8. The molecule has 0 saturated carbocycles. The van der Waals surface area contributed by atoms with Crippen LogP contribution in [0.1, 0.15) is 36.1 Å². The molecule has 1 nitrogen and oxygen atoms in total. The van der Waals surface area contributed by atoms with Gasteiger partial charge in [0.05, 0.1) is 11.4 Å². The van der Waals surface area contributed by atoms with Gasteiger partial charge in [-0.05, 0) is 99.8 Å². The van der Waals surface area contributed by atoms with E-state index >= 15 is 0 Å². The minimum absolute atomic E-state index is 0.0989. The van der Waals surface area contributed by atoms with Gasteiger partial charge in [-0.1, -0.05) is 147 Å². The van der Waals surface area contributed by atoms with Gasteiger partial charge in [-0.2, -0.15) is 0 Å². The van der Waals surface area contributed by atoms with Gasteiger partial charge in [0.1, 0.15) is 0 Å². The summed E-state index contributed by atoms with van der Waals surface area (Å²) < 4.78 is 0. The molecule has 1 heteroatoms. The average molecular weight is 618 g/mol. The molecule has 0 N–H and O–H groups in total. The molecule has 232 valence electrons. The Morgan fingerprint density at radius 3 is 1.67 bits per heavy atom. The first-order valence-electron chi connectivity index (χ1n) is 16.9. The van der Waals surface area contributed by atoms with Crippen LogP contribution in [0.25, 0.3) is 44.5 Å². The van der Waals surface area contributed by atoms with Crippen LogP contribution in [0.4, 0.5) is 17.1 Å². The topological polar surface area (TPSA) is 3.24 Å². The molecule has 1 aliphatic rings. The summed E-state index contributed by atoms with van der Waals surface area (Å²) >= 11 is 0. The fourth-order valence-electron chi connectivity index (χ4n) is 7.65. The lowest BCUT2D eigenvalue weighted by Crippen LogP contribution is -2.16. The number of fused-ring (bicyclic) bond motifs is 3. The van der Waals surface area contributed by atoms with Gasteiger partial charge in [-0.15, -0.1) is 0 Å². The van der Waals surface area contributed by atoms with E-state index in [1.165, 1.54) is 72.4 Å². The Balaban J connectivity index is 1.41. The van der Waals surface area contributed by atoms with Gasteiger partial charge in [-0.25, -0.2) is 0 Å². The molecule has 0 radical (unpaired) electrons. The zero-order valence-corrected chi connectivity index (χ0v) is 28.0. The Morgan fingerprint density at radius 2 is 0.958 bits per heavy atom. The molecular formula is C47H39N. The maximum Gasteiger partial charge on any atom is 0.0543 e. The van der Waals surface area contributed by atoms with Crippen molar-refractivity contribution in [2.24, 2.45) is 0 Å². The lowest BCUT2D eigenvalue weighted by Gasteiger charge is -2.31. The van der Waals surface area contributed by atoms with Crippen LogP contribution >= 0.6 is 0 Å². The van der Waals surface area contributed by atoms with Crippen LogP contribution < -0.4 is 4.90 Å². The number of aryl methyl sites for hydroxylation is 2. The van der Waals surface area contributed by atoms with Gasteiger partial charge in [0, 0.05) is 22.2 Å². The fraction of sp³-hybridized carbons (Fsp3) is 0.106. The third kappa shape index (κ3) is 4.95. The molecule has 0 saturated heterocycles. The summed E-state index contributed by atoms with van der Waals surface area (Å²) in [5, 5.41) is 0. The van der Waals surface area contributed by atoms with Crippen molar-refractivity contribution >= 4 is 17.1 Å². The smallest absolute Gasteiger partial charge is 0.0543 e. The van der Waals surface area contributed by atoms with Crippen LogP contribution in [-0.2, 0) is 5.41 Å². The summed E-state index contributed by atoms with van der Waals surface area (Å²) in [6.07, 6.45) is 0. The first-order chi connectivity index (χ1) is 23.4. The molecule has 1 aliphatic carbocycles. The first kappa shape index (κ1) is 29.7. The van der Waals surface area contributed by atoms with Gasteiger partial charge in [-0.3, -0.25) is 0 Å². The molecule has 0 atom stereocenters. The van der Waals surface area contributed by atoms with Crippen molar-refractivity contribution in [3.63, 3.8) is 0 Å². The summed E-state index contributed by atoms with van der Waals surface area (Å²) in [5.74, 6) is 0. The number of benzene rings is 7. The van der Waals surface area contributed by atoms with Crippen molar-refractivity contribution in [2.75, 3.05) is 4.90 Å². The second kappa shape index (κ2) is 11.9. The van der Waals surface area contributed by atoms with Crippen molar-refractivity contribution in [3.8, 4) is 44.5 Å². The van der Waals surface area contributed by atoms with E-state index in [0.29, 0.717) is 0 Å². The predicted octanol–water partition coefficient (Wildman–Crippen LogP) is 13.1. The number of hydrogen-bond donors (Lipinski definition) is 0. The molecule has 0 heterocycles. The number of nitrogens with zero attached hydrogens (tertiary/aromatic N) is 1. The zero-order valence-electron chi connectivity index (χ0n) is 28.0. The molecule has 7 aromatic carbocycles. The van der Waals surface area contributed by atoms with Gasteiger partial charge in [0.2, 0.25) is 0 Å². The van der Waals surface area contributed by atoms with Crippen molar-refractivity contribution in [1.29, 1.82) is 0 Å². The Bertz CT molecular complexity index is 2270. The van der Waals surface area contributed by atoms with Crippen LogP contribution in [0.15, 0.2) is 164 Å². The Morgan fingerprint density at radius 1 is 0.396 bits per heavy atom. The first-order valence-corrected chi connectivity index (χ1v) is 16.9. The Kier molecular flexibility index (Phi) is 7.34. The molecule has 0 unspecified atom stereocenters. The average Bonchev–Trinajstić information content (AvgIpc) is 3.36. The molecule has 8 rings (SSSR count). The Hall–Kier alpha value is -5.66. The van der Waals surface area contributed by atoms with E-state index in [9.17, 15) is 0 Å². The second-order valence-electron chi connectivity index (χ2n) is 13.5. The molecule has 0 bridgehead atoms. The summed E-state index contributed by atoms with van der Waals surface area (Å²) in [5.41, 5.74) is 18.6. The van der Waals surface area contributed by atoms with Gasteiger partial charge < -0.3 is 4.90 Å². The minimum Gasteiger partial charge on any atom is -0.309 e. The third-order valence-corrected chi connectivity index (χ3v) is 10.2. The van der Waals surface area contributed by atoms with E-state index in [2.05, 4.69) is 196 Å². The number of anilines is 3. The van der Waals surface area contributed by atoms with Crippen molar-refractivity contribution in [1.82, 2.24) is 0 Å². The van der Waals surface area contributed by atoms with E-state index in [1.54, 1.807) is 0 Å². The molecule has 0 aromatic heterocycles. The monoisotopic (exact) mass is 617 g/mol. The van der Waals surface area contributed by atoms with Crippen LogP contribution in [0.3, 0.4) is 0 Å². The second-order valence-corrected chi connectivity index (χ2v) is 13.5. The molecule has 48 heavy (non-hydrogen) atoms. The molecule has 0 spiro atoms. The highest BCUT2D eigenvalue weighted by molar-refractivity contribution is 5.99. The minimum atomic E-state index is -0.0989. The third-order valence-electron chi connectivity index (χ3n) is 10.2. The highest BCUT2D eigenvalue weighted by atomic mass is 15.1. The lowest BCUT2D eigenvalue weighted by atomic mass is 9.82. The van der Waals surface area contributed by atoms with E-state index in [0.717, 1.165) is 11.4 Å². The molecule has 0 aliphatic heterocycles. The summed E-state index contributed by atoms with van der Waals surface area (Å²) in [4.78, 5) is 2.50. The van der Waals surface area contributed by atoms with E-state index in [4.69, 9.17) is 0 Å². The molecule has 0 fully saturated rings. The Labute approximate surface area is 284 Å². The van der Waals surface area contributed by atoms with Gasteiger partial charge in [0.15, 0.2) is 0 Å². The highest BCUT2D eigenvalue weighted by Crippen LogP contribution is 2.55. The molecule has 0 amide bonds. The largest absolute Gasteiger partial charge is 0.309 e. The van der Waals surface area contributed by atoms with Crippen molar-refractivity contribution in [3.05, 3.63) is 186 Å².